The Morgan fingerprint density at radius 2 is 1.89 bits per heavy atom. The Labute approximate surface area is 117 Å². The zero-order valence-corrected chi connectivity index (χ0v) is 11.7. The number of rotatable bonds is 4. The minimum atomic E-state index is 0.00109. The second kappa shape index (κ2) is 6.23. The molecule has 0 saturated carbocycles. The molecule has 2 atom stereocenters. The Bertz CT molecular complexity index is 502. The third-order valence-corrected chi connectivity index (χ3v) is 4.52. The van der Waals surface area contributed by atoms with Gasteiger partial charge in [-0.15, -0.1) is 11.8 Å². The zero-order chi connectivity index (χ0) is 13.0. The lowest BCUT2D eigenvalue weighted by atomic mass is 10.2. The Morgan fingerprint density at radius 1 is 1.17 bits per heavy atom. The molecule has 0 aliphatic heterocycles. The lowest BCUT2D eigenvalue weighted by Crippen LogP contribution is -2.23. The summed E-state index contributed by atoms with van der Waals surface area (Å²) < 4.78 is 0. The van der Waals surface area contributed by atoms with Gasteiger partial charge in [0.05, 0.1) is 16.0 Å². The van der Waals surface area contributed by atoms with Crippen LogP contribution in [0.3, 0.4) is 0 Å². The van der Waals surface area contributed by atoms with E-state index in [1.54, 1.807) is 18.0 Å². The lowest BCUT2D eigenvalue weighted by Gasteiger charge is -2.20. The van der Waals surface area contributed by atoms with Crippen LogP contribution in [0, 0.1) is 0 Å². The monoisotopic (exact) mass is 278 g/mol. The smallest absolute Gasteiger partial charge is 0.0665 e. The highest BCUT2D eigenvalue weighted by Gasteiger charge is 2.19. The van der Waals surface area contributed by atoms with E-state index in [0.717, 1.165) is 15.6 Å². The molecule has 1 aromatic heterocycles. The molecule has 2 aromatic rings. The number of nitrogens with two attached hydrogens (primary N) is 1. The number of pyridine rings is 1. The fourth-order valence-electron chi connectivity index (χ4n) is 1.66. The standard InChI is InChI=1S/C14H15ClN2S/c1-10(16)14(12-7-4-5-9-17-12)18-13-8-3-2-6-11(13)15/h2-10,14H,16H2,1H3. The van der Waals surface area contributed by atoms with Gasteiger partial charge in [-0.25, -0.2) is 0 Å². The van der Waals surface area contributed by atoms with Gasteiger partial charge in [0.2, 0.25) is 0 Å². The summed E-state index contributed by atoms with van der Waals surface area (Å²) in [4.78, 5) is 5.42. The van der Waals surface area contributed by atoms with Crippen molar-refractivity contribution in [2.75, 3.05) is 0 Å². The van der Waals surface area contributed by atoms with Gasteiger partial charge in [0.15, 0.2) is 0 Å². The Hall–Kier alpha value is -1.03. The number of hydrogen-bond acceptors (Lipinski definition) is 3. The van der Waals surface area contributed by atoms with E-state index < -0.39 is 0 Å². The maximum Gasteiger partial charge on any atom is 0.0665 e. The van der Waals surface area contributed by atoms with Crippen LogP contribution in [-0.4, -0.2) is 11.0 Å². The quantitative estimate of drug-likeness (QED) is 0.862. The molecule has 0 radical (unpaired) electrons. The second-order valence-electron chi connectivity index (χ2n) is 4.08. The summed E-state index contributed by atoms with van der Waals surface area (Å²) in [7, 11) is 0. The first-order valence-electron chi connectivity index (χ1n) is 5.76. The molecule has 0 bridgehead atoms. The molecule has 1 aromatic carbocycles. The predicted molar refractivity (Wildman–Crippen MR) is 77.9 cm³/mol. The summed E-state index contributed by atoms with van der Waals surface area (Å²) in [6, 6.07) is 13.7. The highest BCUT2D eigenvalue weighted by Crippen LogP contribution is 2.39. The second-order valence-corrected chi connectivity index (χ2v) is 5.67. The molecular formula is C14H15ClN2S. The van der Waals surface area contributed by atoms with Gasteiger partial charge < -0.3 is 5.73 Å². The Balaban J connectivity index is 2.26. The molecule has 2 rings (SSSR count). The zero-order valence-electron chi connectivity index (χ0n) is 10.1. The lowest BCUT2D eigenvalue weighted by molar-refractivity contribution is 0.705. The molecule has 94 valence electrons. The average Bonchev–Trinajstić information content (AvgIpc) is 2.38. The molecule has 0 amide bonds. The van der Waals surface area contributed by atoms with Gasteiger partial charge in [-0.05, 0) is 31.2 Å². The van der Waals surface area contributed by atoms with E-state index in [9.17, 15) is 0 Å². The van der Waals surface area contributed by atoms with Crippen LogP contribution in [0.5, 0.6) is 0 Å². The fraction of sp³-hybridized carbons (Fsp3) is 0.214. The highest BCUT2D eigenvalue weighted by molar-refractivity contribution is 7.99. The van der Waals surface area contributed by atoms with Crippen LogP contribution in [0.15, 0.2) is 53.6 Å². The molecule has 0 aliphatic carbocycles. The molecule has 0 spiro atoms. The first-order valence-corrected chi connectivity index (χ1v) is 7.02. The third kappa shape index (κ3) is 3.25. The van der Waals surface area contributed by atoms with E-state index >= 15 is 0 Å². The van der Waals surface area contributed by atoms with Crippen molar-refractivity contribution in [2.45, 2.75) is 23.1 Å². The number of halogens is 1. The number of benzene rings is 1. The Morgan fingerprint density at radius 3 is 2.50 bits per heavy atom. The minimum Gasteiger partial charge on any atom is -0.327 e. The number of aromatic nitrogens is 1. The van der Waals surface area contributed by atoms with E-state index in [1.807, 2.05) is 49.4 Å². The van der Waals surface area contributed by atoms with Crippen molar-refractivity contribution in [1.82, 2.24) is 4.98 Å². The summed E-state index contributed by atoms with van der Waals surface area (Å²) in [6.07, 6.45) is 1.79. The predicted octanol–water partition coefficient (Wildman–Crippen LogP) is 3.92. The van der Waals surface area contributed by atoms with Gasteiger partial charge in [0.25, 0.3) is 0 Å². The van der Waals surface area contributed by atoms with Crippen LogP contribution in [0.4, 0.5) is 0 Å². The Kier molecular flexibility index (Phi) is 4.64. The summed E-state index contributed by atoms with van der Waals surface area (Å²) in [6.45, 7) is 1.99. The van der Waals surface area contributed by atoms with E-state index in [-0.39, 0.29) is 11.3 Å². The summed E-state index contributed by atoms with van der Waals surface area (Å²) in [5.41, 5.74) is 7.05. The van der Waals surface area contributed by atoms with Gasteiger partial charge in [0.1, 0.15) is 0 Å². The van der Waals surface area contributed by atoms with E-state index in [0.29, 0.717) is 0 Å². The fourth-order valence-corrected chi connectivity index (χ4v) is 3.01. The maximum absolute atomic E-state index is 6.18. The normalized spacial score (nSPS) is 14.2. The van der Waals surface area contributed by atoms with Gasteiger partial charge in [-0.2, -0.15) is 0 Å². The number of nitrogens with zero attached hydrogens (tertiary/aromatic N) is 1. The van der Waals surface area contributed by atoms with Crippen molar-refractivity contribution in [3.63, 3.8) is 0 Å². The van der Waals surface area contributed by atoms with Gasteiger partial charge in [0, 0.05) is 17.1 Å². The SMILES string of the molecule is CC(N)C(Sc1ccccc1Cl)c1ccccn1. The molecule has 4 heteroatoms. The van der Waals surface area contributed by atoms with Crippen LogP contribution in [0.1, 0.15) is 17.9 Å². The third-order valence-electron chi connectivity index (χ3n) is 2.55. The van der Waals surface area contributed by atoms with Crippen molar-refractivity contribution in [3.05, 3.63) is 59.4 Å². The van der Waals surface area contributed by atoms with Crippen LogP contribution in [0.2, 0.25) is 5.02 Å². The van der Waals surface area contributed by atoms with Crippen LogP contribution in [-0.2, 0) is 0 Å². The van der Waals surface area contributed by atoms with Crippen molar-refractivity contribution < 1.29 is 0 Å². The first-order chi connectivity index (χ1) is 8.68. The summed E-state index contributed by atoms with van der Waals surface area (Å²) in [5.74, 6) is 0. The molecule has 0 aliphatic rings. The molecule has 2 N–H and O–H groups in total. The van der Waals surface area contributed by atoms with Gasteiger partial charge in [-0.1, -0.05) is 29.8 Å². The van der Waals surface area contributed by atoms with E-state index in [1.165, 1.54) is 0 Å². The van der Waals surface area contributed by atoms with Crippen molar-refractivity contribution >= 4 is 23.4 Å². The largest absolute Gasteiger partial charge is 0.327 e. The van der Waals surface area contributed by atoms with E-state index in [4.69, 9.17) is 17.3 Å². The van der Waals surface area contributed by atoms with Crippen LogP contribution >= 0.6 is 23.4 Å². The highest BCUT2D eigenvalue weighted by atomic mass is 35.5. The molecule has 0 saturated heterocycles. The molecule has 0 fully saturated rings. The van der Waals surface area contributed by atoms with Crippen LogP contribution in [0.25, 0.3) is 0 Å². The molecule has 18 heavy (non-hydrogen) atoms. The van der Waals surface area contributed by atoms with Crippen molar-refractivity contribution in [2.24, 2.45) is 5.73 Å². The van der Waals surface area contributed by atoms with Crippen LogP contribution < -0.4 is 5.73 Å². The van der Waals surface area contributed by atoms with Crippen molar-refractivity contribution in [3.8, 4) is 0 Å². The minimum absolute atomic E-state index is 0.00109. The average molecular weight is 279 g/mol. The maximum atomic E-state index is 6.18. The van der Waals surface area contributed by atoms with Gasteiger partial charge >= 0.3 is 0 Å². The topological polar surface area (TPSA) is 38.9 Å². The summed E-state index contributed by atoms with van der Waals surface area (Å²) in [5, 5.41) is 0.857. The summed E-state index contributed by atoms with van der Waals surface area (Å²) >= 11 is 7.84. The van der Waals surface area contributed by atoms with Crippen molar-refractivity contribution in [1.29, 1.82) is 0 Å². The molecule has 1 heterocycles. The number of thioether (sulfide) groups is 1. The van der Waals surface area contributed by atoms with E-state index in [2.05, 4.69) is 4.98 Å². The number of hydrogen-bond donors (Lipinski definition) is 1. The first kappa shape index (κ1) is 13.4. The molecule has 2 unspecified atom stereocenters. The van der Waals surface area contributed by atoms with Gasteiger partial charge in [-0.3, -0.25) is 4.98 Å². The molecule has 2 nitrogen and oxygen atoms in total. The molecular weight excluding hydrogens is 264 g/mol.